The number of fused-ring (bicyclic) bond motifs is 2. The summed E-state index contributed by atoms with van der Waals surface area (Å²) >= 11 is 0. The van der Waals surface area contributed by atoms with Gasteiger partial charge in [-0.25, -0.2) is 13.2 Å². The molecule has 0 N–H and O–H groups in total. The van der Waals surface area contributed by atoms with E-state index in [2.05, 4.69) is 0 Å². The van der Waals surface area contributed by atoms with Crippen LogP contribution in [-0.2, 0) is 0 Å². The van der Waals surface area contributed by atoms with Gasteiger partial charge < -0.3 is 0 Å². The topological polar surface area (TPSA) is 17.1 Å². The molecule has 3 unspecified atom stereocenters. The van der Waals surface area contributed by atoms with Gasteiger partial charge in [0.2, 0.25) is 0 Å². The summed E-state index contributed by atoms with van der Waals surface area (Å²) in [5, 5.41) is 0. The second-order valence-corrected chi connectivity index (χ2v) is 5.39. The Morgan fingerprint density at radius 2 is 1.72 bits per heavy atom. The second kappa shape index (κ2) is 4.11. The number of Topliss-reactive ketones (excluding diaryl/α,β-unsaturated/α-hetero) is 1. The maximum Gasteiger partial charge on any atom is 0.172 e. The Morgan fingerprint density at radius 1 is 1.06 bits per heavy atom. The third-order valence-electron chi connectivity index (χ3n) is 4.33. The van der Waals surface area contributed by atoms with Gasteiger partial charge in [0.15, 0.2) is 5.78 Å². The van der Waals surface area contributed by atoms with Crippen molar-refractivity contribution in [2.75, 3.05) is 0 Å². The second-order valence-electron chi connectivity index (χ2n) is 5.39. The van der Waals surface area contributed by atoms with Gasteiger partial charge in [-0.1, -0.05) is 6.42 Å². The largest absolute Gasteiger partial charge is 0.294 e. The fourth-order valence-corrected chi connectivity index (χ4v) is 3.53. The Bertz CT molecular complexity index is 489. The molecule has 2 aliphatic rings. The third-order valence-corrected chi connectivity index (χ3v) is 4.33. The molecular formula is C14H13F3O. The van der Waals surface area contributed by atoms with E-state index in [1.807, 2.05) is 0 Å². The SMILES string of the molecule is O=C(c1c(F)cc(F)cc1F)C1CC2CCC1C2. The summed E-state index contributed by atoms with van der Waals surface area (Å²) in [6.07, 6.45) is 3.79. The van der Waals surface area contributed by atoms with Crippen LogP contribution in [0.5, 0.6) is 0 Å². The predicted octanol–water partition coefficient (Wildman–Crippen LogP) is 3.72. The predicted molar refractivity (Wildman–Crippen MR) is 59.6 cm³/mol. The van der Waals surface area contributed by atoms with E-state index in [1.54, 1.807) is 0 Å². The molecule has 1 nitrogen and oxygen atoms in total. The fraction of sp³-hybridized carbons (Fsp3) is 0.500. The van der Waals surface area contributed by atoms with Crippen LogP contribution in [0.2, 0.25) is 0 Å². The van der Waals surface area contributed by atoms with Crippen molar-refractivity contribution in [3.8, 4) is 0 Å². The van der Waals surface area contributed by atoms with Gasteiger partial charge in [0.05, 0.1) is 5.56 Å². The Morgan fingerprint density at radius 3 is 2.22 bits per heavy atom. The number of hydrogen-bond donors (Lipinski definition) is 0. The van der Waals surface area contributed by atoms with E-state index in [1.165, 1.54) is 0 Å². The highest BCUT2D eigenvalue weighted by molar-refractivity contribution is 5.98. The van der Waals surface area contributed by atoms with E-state index >= 15 is 0 Å². The van der Waals surface area contributed by atoms with Crippen LogP contribution in [0.1, 0.15) is 36.0 Å². The molecule has 2 saturated carbocycles. The molecule has 0 aromatic heterocycles. The number of ketones is 1. The van der Waals surface area contributed by atoms with Crippen molar-refractivity contribution < 1.29 is 18.0 Å². The summed E-state index contributed by atoms with van der Waals surface area (Å²) in [6, 6.07) is 1.15. The maximum atomic E-state index is 13.6. The molecular weight excluding hydrogens is 241 g/mol. The van der Waals surface area contributed by atoms with Crippen LogP contribution in [0.25, 0.3) is 0 Å². The monoisotopic (exact) mass is 254 g/mol. The molecule has 3 atom stereocenters. The number of carbonyl (C=O) groups excluding carboxylic acids is 1. The van der Waals surface area contributed by atoms with Gasteiger partial charge in [0, 0.05) is 18.1 Å². The van der Waals surface area contributed by atoms with Crippen LogP contribution in [0.3, 0.4) is 0 Å². The molecule has 2 bridgehead atoms. The first-order valence-electron chi connectivity index (χ1n) is 6.25. The molecule has 0 amide bonds. The molecule has 1 aromatic carbocycles. The zero-order valence-corrected chi connectivity index (χ0v) is 9.76. The van der Waals surface area contributed by atoms with Crippen LogP contribution in [0.4, 0.5) is 13.2 Å². The Kier molecular flexibility index (Phi) is 2.68. The first-order valence-corrected chi connectivity index (χ1v) is 6.25. The summed E-state index contributed by atoms with van der Waals surface area (Å²) in [5.41, 5.74) is -0.561. The minimum Gasteiger partial charge on any atom is -0.294 e. The molecule has 0 radical (unpaired) electrons. The van der Waals surface area contributed by atoms with E-state index in [0.29, 0.717) is 18.1 Å². The Hall–Kier alpha value is -1.32. The normalized spacial score (nSPS) is 29.8. The van der Waals surface area contributed by atoms with E-state index in [0.717, 1.165) is 25.7 Å². The van der Waals surface area contributed by atoms with Crippen LogP contribution in [0.15, 0.2) is 12.1 Å². The standard InChI is InChI=1S/C14H13F3O/c15-9-5-11(16)13(12(17)6-9)14(18)10-4-7-1-2-8(10)3-7/h5-8,10H,1-4H2. The zero-order valence-electron chi connectivity index (χ0n) is 9.76. The Labute approximate surface area is 103 Å². The van der Waals surface area contributed by atoms with Crippen molar-refractivity contribution in [1.29, 1.82) is 0 Å². The van der Waals surface area contributed by atoms with Crippen molar-refractivity contribution >= 4 is 5.78 Å². The first-order chi connectivity index (χ1) is 8.56. The van der Waals surface area contributed by atoms with Gasteiger partial charge in [-0.3, -0.25) is 4.79 Å². The van der Waals surface area contributed by atoms with E-state index in [-0.39, 0.29) is 11.8 Å². The van der Waals surface area contributed by atoms with Gasteiger partial charge >= 0.3 is 0 Å². The van der Waals surface area contributed by atoms with Crippen LogP contribution in [0, 0.1) is 35.2 Å². The number of benzene rings is 1. The lowest BCUT2D eigenvalue weighted by Gasteiger charge is -2.20. The van der Waals surface area contributed by atoms with Crippen molar-refractivity contribution in [2.45, 2.75) is 25.7 Å². The van der Waals surface area contributed by atoms with Crippen molar-refractivity contribution in [2.24, 2.45) is 17.8 Å². The van der Waals surface area contributed by atoms with Crippen LogP contribution >= 0.6 is 0 Å². The van der Waals surface area contributed by atoms with E-state index in [9.17, 15) is 18.0 Å². The number of hydrogen-bond acceptors (Lipinski definition) is 1. The molecule has 4 heteroatoms. The molecule has 1 aromatic rings. The molecule has 3 rings (SSSR count). The quantitative estimate of drug-likeness (QED) is 0.735. The van der Waals surface area contributed by atoms with Crippen molar-refractivity contribution in [1.82, 2.24) is 0 Å². The lowest BCUT2D eigenvalue weighted by atomic mass is 9.83. The van der Waals surface area contributed by atoms with Gasteiger partial charge in [0.25, 0.3) is 0 Å². The summed E-state index contributed by atoms with van der Waals surface area (Å²) in [4.78, 5) is 12.2. The van der Waals surface area contributed by atoms with Crippen LogP contribution < -0.4 is 0 Å². The fourth-order valence-electron chi connectivity index (χ4n) is 3.53. The first kappa shape index (κ1) is 11.8. The van der Waals surface area contributed by atoms with Crippen LogP contribution in [-0.4, -0.2) is 5.78 Å². The number of rotatable bonds is 2. The zero-order chi connectivity index (χ0) is 12.9. The highest BCUT2D eigenvalue weighted by Crippen LogP contribution is 2.49. The molecule has 2 aliphatic carbocycles. The lowest BCUT2D eigenvalue weighted by Crippen LogP contribution is -2.23. The molecule has 0 spiro atoms. The van der Waals surface area contributed by atoms with Crippen molar-refractivity contribution in [3.63, 3.8) is 0 Å². The maximum absolute atomic E-state index is 13.6. The molecule has 0 aliphatic heterocycles. The highest BCUT2D eigenvalue weighted by atomic mass is 19.1. The van der Waals surface area contributed by atoms with Gasteiger partial charge in [-0.05, 0) is 31.1 Å². The summed E-state index contributed by atoms with van der Waals surface area (Å²) in [6.45, 7) is 0. The summed E-state index contributed by atoms with van der Waals surface area (Å²) in [5.74, 6) is -3.15. The number of halogens is 3. The minimum atomic E-state index is -1.08. The molecule has 2 fully saturated rings. The Balaban J connectivity index is 1.93. The molecule has 18 heavy (non-hydrogen) atoms. The average Bonchev–Trinajstić information content (AvgIpc) is 2.88. The lowest BCUT2D eigenvalue weighted by molar-refractivity contribution is 0.0865. The van der Waals surface area contributed by atoms with Crippen molar-refractivity contribution in [3.05, 3.63) is 35.1 Å². The van der Waals surface area contributed by atoms with Gasteiger partial charge in [-0.15, -0.1) is 0 Å². The molecule has 0 heterocycles. The van der Waals surface area contributed by atoms with Gasteiger partial charge in [-0.2, -0.15) is 0 Å². The minimum absolute atomic E-state index is 0.256. The summed E-state index contributed by atoms with van der Waals surface area (Å²) < 4.78 is 39.9. The van der Waals surface area contributed by atoms with E-state index in [4.69, 9.17) is 0 Å². The molecule has 96 valence electrons. The highest BCUT2D eigenvalue weighted by Gasteiger charge is 2.44. The smallest absolute Gasteiger partial charge is 0.172 e. The summed E-state index contributed by atoms with van der Waals surface area (Å²) in [7, 11) is 0. The van der Waals surface area contributed by atoms with Gasteiger partial charge in [0.1, 0.15) is 17.5 Å². The third kappa shape index (κ3) is 1.74. The number of carbonyl (C=O) groups is 1. The molecule has 0 saturated heterocycles. The van der Waals surface area contributed by atoms with E-state index < -0.39 is 28.8 Å². The average molecular weight is 254 g/mol.